The van der Waals surface area contributed by atoms with Crippen molar-refractivity contribution in [2.75, 3.05) is 11.0 Å². The van der Waals surface area contributed by atoms with Crippen LogP contribution in [0.25, 0.3) is 0 Å². The molecule has 0 heterocycles. The molecule has 0 spiro atoms. The Bertz CT molecular complexity index is 1030. The molecule has 2 atom stereocenters. The van der Waals surface area contributed by atoms with E-state index in [0.717, 1.165) is 6.26 Å². The third-order valence-corrected chi connectivity index (χ3v) is 5.04. The van der Waals surface area contributed by atoms with E-state index in [4.69, 9.17) is 27.9 Å². The van der Waals surface area contributed by atoms with Crippen LogP contribution in [0, 0.1) is 0 Å². The Labute approximate surface area is 179 Å². The summed E-state index contributed by atoms with van der Waals surface area (Å²) < 4.78 is 30.4. The van der Waals surface area contributed by atoms with E-state index in [1.165, 1.54) is 19.1 Å². The fourth-order valence-corrected chi connectivity index (χ4v) is 3.64. The molecule has 0 aliphatic heterocycles. The Morgan fingerprint density at radius 1 is 1.07 bits per heavy atom. The van der Waals surface area contributed by atoms with Gasteiger partial charge < -0.3 is 10.1 Å². The van der Waals surface area contributed by atoms with Crippen LogP contribution in [0.1, 0.15) is 35.8 Å². The summed E-state index contributed by atoms with van der Waals surface area (Å²) in [5.41, 5.74) is 0.714. The second kappa shape index (κ2) is 9.47. The van der Waals surface area contributed by atoms with E-state index in [0.29, 0.717) is 15.6 Å². The van der Waals surface area contributed by atoms with E-state index in [1.54, 1.807) is 37.3 Å². The van der Waals surface area contributed by atoms with Gasteiger partial charge in [0, 0.05) is 10.0 Å². The van der Waals surface area contributed by atoms with Crippen LogP contribution in [-0.2, 0) is 19.6 Å². The lowest BCUT2D eigenvalue weighted by atomic mass is 10.1. The van der Waals surface area contributed by atoms with E-state index in [2.05, 4.69) is 10.0 Å². The number of sulfonamides is 1. The second-order valence-corrected chi connectivity index (χ2v) is 8.96. The number of benzene rings is 2. The number of rotatable bonds is 7. The smallest absolute Gasteiger partial charge is 0.341 e. The third-order valence-electron chi connectivity index (χ3n) is 3.88. The minimum absolute atomic E-state index is 0.00799. The lowest BCUT2D eigenvalue weighted by molar-refractivity contribution is -0.129. The van der Waals surface area contributed by atoms with E-state index in [-0.39, 0.29) is 11.3 Å². The van der Waals surface area contributed by atoms with Gasteiger partial charge in [0.05, 0.1) is 23.5 Å². The highest BCUT2D eigenvalue weighted by Gasteiger charge is 2.23. The number of para-hydroxylation sites is 1. The number of esters is 1. The van der Waals surface area contributed by atoms with Crippen LogP contribution in [0.4, 0.5) is 5.69 Å². The molecule has 0 unspecified atom stereocenters. The standard InChI is InChI=1S/C19H20Cl2N2O5S/c1-11(14-9-8-13(20)10-16(14)21)22-18(24)12(2)28-19(25)15-6-4-5-7-17(15)23-29(3,26)27/h4-12,23H,1-3H3,(H,22,24)/t11-,12-/m1/s1. The maximum Gasteiger partial charge on any atom is 0.341 e. The molecule has 0 radical (unpaired) electrons. The molecule has 0 aliphatic rings. The minimum Gasteiger partial charge on any atom is -0.449 e. The van der Waals surface area contributed by atoms with Gasteiger partial charge in [0.1, 0.15) is 0 Å². The Hall–Kier alpha value is -2.29. The highest BCUT2D eigenvalue weighted by Crippen LogP contribution is 2.26. The van der Waals surface area contributed by atoms with Crippen molar-refractivity contribution in [2.24, 2.45) is 0 Å². The highest BCUT2D eigenvalue weighted by molar-refractivity contribution is 7.92. The normalized spacial score (nSPS) is 13.3. The lowest BCUT2D eigenvalue weighted by Crippen LogP contribution is -2.37. The van der Waals surface area contributed by atoms with Gasteiger partial charge in [-0.15, -0.1) is 0 Å². The molecule has 2 N–H and O–H groups in total. The summed E-state index contributed by atoms with van der Waals surface area (Å²) in [6.45, 7) is 3.14. The molecule has 156 valence electrons. The zero-order valence-electron chi connectivity index (χ0n) is 15.9. The van der Waals surface area contributed by atoms with Gasteiger partial charge >= 0.3 is 5.97 Å². The molecular weight excluding hydrogens is 439 g/mol. The maximum absolute atomic E-state index is 12.4. The number of carbonyl (C=O) groups is 2. The minimum atomic E-state index is -3.59. The van der Waals surface area contributed by atoms with E-state index in [1.807, 2.05) is 0 Å². The number of ether oxygens (including phenoxy) is 1. The van der Waals surface area contributed by atoms with Crippen molar-refractivity contribution in [3.8, 4) is 0 Å². The summed E-state index contributed by atoms with van der Waals surface area (Å²) in [5, 5.41) is 3.58. The molecule has 0 saturated heterocycles. The predicted molar refractivity (Wildman–Crippen MR) is 113 cm³/mol. The largest absolute Gasteiger partial charge is 0.449 e. The molecule has 0 aromatic heterocycles. The maximum atomic E-state index is 12.4. The number of carbonyl (C=O) groups excluding carboxylic acids is 2. The molecular formula is C19H20Cl2N2O5S. The number of hydrogen-bond donors (Lipinski definition) is 2. The average molecular weight is 459 g/mol. The zero-order valence-corrected chi connectivity index (χ0v) is 18.2. The van der Waals surface area contributed by atoms with Gasteiger partial charge in [-0.25, -0.2) is 13.2 Å². The van der Waals surface area contributed by atoms with Gasteiger partial charge in [-0.3, -0.25) is 9.52 Å². The number of amides is 1. The molecule has 0 aliphatic carbocycles. The summed E-state index contributed by atoms with van der Waals surface area (Å²) in [7, 11) is -3.59. The monoisotopic (exact) mass is 458 g/mol. The molecule has 29 heavy (non-hydrogen) atoms. The number of anilines is 1. The molecule has 2 rings (SSSR count). The number of nitrogens with one attached hydrogen (secondary N) is 2. The zero-order chi connectivity index (χ0) is 21.8. The van der Waals surface area contributed by atoms with Crippen molar-refractivity contribution >= 4 is 50.8 Å². The Morgan fingerprint density at radius 2 is 1.72 bits per heavy atom. The Balaban J connectivity index is 2.07. The van der Waals surface area contributed by atoms with Crippen molar-refractivity contribution in [3.05, 3.63) is 63.6 Å². The second-order valence-electron chi connectivity index (χ2n) is 6.36. The Kier molecular flexibility index (Phi) is 7.51. The van der Waals surface area contributed by atoms with Crippen LogP contribution in [0.5, 0.6) is 0 Å². The SMILES string of the molecule is C[C@@H](OC(=O)c1ccccc1NS(C)(=O)=O)C(=O)N[C@H](C)c1ccc(Cl)cc1Cl. The predicted octanol–water partition coefficient (Wildman–Crippen LogP) is 3.79. The van der Waals surface area contributed by atoms with Crippen molar-refractivity contribution in [1.29, 1.82) is 0 Å². The number of halogens is 2. The van der Waals surface area contributed by atoms with Crippen LogP contribution < -0.4 is 10.0 Å². The summed E-state index contributed by atoms with van der Waals surface area (Å²) >= 11 is 12.0. The van der Waals surface area contributed by atoms with Crippen LogP contribution >= 0.6 is 23.2 Å². The molecule has 2 aromatic carbocycles. The quantitative estimate of drug-likeness (QED) is 0.614. The van der Waals surface area contributed by atoms with Crippen molar-refractivity contribution in [1.82, 2.24) is 5.32 Å². The molecule has 10 heteroatoms. The van der Waals surface area contributed by atoms with E-state index in [9.17, 15) is 18.0 Å². The van der Waals surface area contributed by atoms with Gasteiger partial charge in [0.25, 0.3) is 5.91 Å². The van der Waals surface area contributed by atoms with Gasteiger partial charge in [0.15, 0.2) is 6.10 Å². The summed E-state index contributed by atoms with van der Waals surface area (Å²) in [5.74, 6) is -1.37. The first-order chi connectivity index (χ1) is 13.5. The topological polar surface area (TPSA) is 102 Å². The van der Waals surface area contributed by atoms with Crippen molar-refractivity contribution in [2.45, 2.75) is 26.0 Å². The molecule has 1 amide bonds. The van der Waals surface area contributed by atoms with Crippen LogP contribution in [-0.4, -0.2) is 32.7 Å². The highest BCUT2D eigenvalue weighted by atomic mass is 35.5. The Morgan fingerprint density at radius 3 is 2.34 bits per heavy atom. The summed E-state index contributed by atoms with van der Waals surface area (Å²) in [6, 6.07) is 10.4. The fourth-order valence-electron chi connectivity index (χ4n) is 2.49. The van der Waals surface area contributed by atoms with Crippen molar-refractivity contribution in [3.63, 3.8) is 0 Å². The van der Waals surface area contributed by atoms with E-state index >= 15 is 0 Å². The van der Waals surface area contributed by atoms with Crippen molar-refractivity contribution < 1.29 is 22.7 Å². The first kappa shape index (κ1) is 23.0. The average Bonchev–Trinajstić information content (AvgIpc) is 2.60. The number of hydrogen-bond acceptors (Lipinski definition) is 5. The third kappa shape index (κ3) is 6.62. The lowest BCUT2D eigenvalue weighted by Gasteiger charge is -2.19. The van der Waals surface area contributed by atoms with E-state index < -0.39 is 34.0 Å². The van der Waals surface area contributed by atoms with Gasteiger partial charge in [-0.1, -0.05) is 41.4 Å². The molecule has 7 nitrogen and oxygen atoms in total. The van der Waals surface area contributed by atoms with Gasteiger partial charge in [-0.05, 0) is 43.7 Å². The molecule has 0 fully saturated rings. The summed E-state index contributed by atoms with van der Waals surface area (Å²) in [4.78, 5) is 24.9. The van der Waals surface area contributed by atoms with Crippen LogP contribution in [0.15, 0.2) is 42.5 Å². The molecule has 0 saturated carbocycles. The van der Waals surface area contributed by atoms with Crippen LogP contribution in [0.3, 0.4) is 0 Å². The first-order valence-corrected chi connectivity index (χ1v) is 11.2. The summed E-state index contributed by atoms with van der Waals surface area (Å²) in [6.07, 6.45) is -0.156. The molecule has 0 bridgehead atoms. The van der Waals surface area contributed by atoms with Crippen LogP contribution in [0.2, 0.25) is 10.0 Å². The fraction of sp³-hybridized carbons (Fsp3) is 0.263. The first-order valence-electron chi connectivity index (χ1n) is 8.51. The van der Waals surface area contributed by atoms with Gasteiger partial charge in [-0.2, -0.15) is 0 Å². The molecule has 2 aromatic rings. The van der Waals surface area contributed by atoms with Gasteiger partial charge in [0.2, 0.25) is 10.0 Å².